The Kier molecular flexibility index (Phi) is 3.17. The molecule has 0 amide bonds. The average molecular weight is 292 g/mol. The van der Waals surface area contributed by atoms with Gasteiger partial charge in [0.15, 0.2) is 15.6 Å². The van der Waals surface area contributed by atoms with Crippen molar-refractivity contribution in [2.45, 2.75) is 31.4 Å². The number of aryl methyl sites for hydroxylation is 1. The second-order valence-electron chi connectivity index (χ2n) is 5.32. The molecule has 0 bridgehead atoms. The third kappa shape index (κ3) is 2.16. The van der Waals surface area contributed by atoms with Gasteiger partial charge in [0, 0.05) is 5.39 Å². The Hall–Kier alpha value is -1.62. The highest BCUT2D eigenvalue weighted by Gasteiger charge is 2.36. The lowest BCUT2D eigenvalue weighted by Crippen LogP contribution is -2.35. The topological polar surface area (TPSA) is 64.3 Å². The number of rotatable bonds is 2. The number of carbonyl (C=O) groups excluding carboxylic acids is 1. The van der Waals surface area contributed by atoms with Crippen LogP contribution in [0.3, 0.4) is 0 Å². The van der Waals surface area contributed by atoms with E-state index in [1.165, 1.54) is 0 Å². The first-order valence-corrected chi connectivity index (χ1v) is 8.45. The van der Waals surface area contributed by atoms with Crippen LogP contribution in [0.15, 0.2) is 28.7 Å². The average Bonchev–Trinajstić information content (AvgIpc) is 2.83. The summed E-state index contributed by atoms with van der Waals surface area (Å²) in [6.07, 6.45) is 1.82. The van der Waals surface area contributed by atoms with E-state index in [0.717, 1.165) is 17.4 Å². The normalized spacial score (nSPS) is 21.9. The van der Waals surface area contributed by atoms with Crippen LogP contribution in [0, 0.1) is 6.92 Å². The maximum Gasteiger partial charge on any atom is 0.216 e. The summed E-state index contributed by atoms with van der Waals surface area (Å²) >= 11 is 0. The molecule has 1 fully saturated rings. The number of fused-ring (bicyclic) bond motifs is 1. The SMILES string of the molecule is Cc1cccc2cc(C(=O)C3CCCCS3(=O)=O)oc12. The molecule has 4 nitrogen and oxygen atoms in total. The van der Waals surface area contributed by atoms with Crippen molar-refractivity contribution in [1.29, 1.82) is 0 Å². The van der Waals surface area contributed by atoms with Gasteiger partial charge >= 0.3 is 0 Å². The number of furan rings is 1. The Morgan fingerprint density at radius 1 is 1.30 bits per heavy atom. The minimum Gasteiger partial charge on any atom is -0.453 e. The second kappa shape index (κ2) is 4.74. The van der Waals surface area contributed by atoms with Gasteiger partial charge in [-0.05, 0) is 31.4 Å². The first kappa shape index (κ1) is 13.4. The van der Waals surface area contributed by atoms with E-state index in [1.54, 1.807) is 6.07 Å². The van der Waals surface area contributed by atoms with E-state index in [-0.39, 0.29) is 11.5 Å². The van der Waals surface area contributed by atoms with Crippen molar-refractivity contribution < 1.29 is 17.6 Å². The Balaban J connectivity index is 2.02. The lowest BCUT2D eigenvalue weighted by molar-refractivity contribution is 0.0957. The van der Waals surface area contributed by atoms with Gasteiger partial charge in [0.05, 0.1) is 5.75 Å². The van der Waals surface area contributed by atoms with Crippen LogP contribution in [-0.2, 0) is 9.84 Å². The van der Waals surface area contributed by atoms with Gasteiger partial charge in [-0.2, -0.15) is 0 Å². The van der Waals surface area contributed by atoms with E-state index in [4.69, 9.17) is 4.42 Å². The molecule has 0 N–H and O–H groups in total. The predicted molar refractivity (Wildman–Crippen MR) is 76.7 cm³/mol. The van der Waals surface area contributed by atoms with Crippen LogP contribution in [-0.4, -0.2) is 25.2 Å². The summed E-state index contributed by atoms with van der Waals surface area (Å²) in [6.45, 7) is 1.90. The molecule has 1 atom stereocenters. The molecule has 2 heterocycles. The number of ketones is 1. The molecular formula is C15H16O4S. The Bertz CT molecular complexity index is 770. The number of sulfone groups is 1. The minimum atomic E-state index is -3.33. The molecule has 3 rings (SSSR count). The van der Waals surface area contributed by atoms with Gasteiger partial charge in [-0.15, -0.1) is 0 Å². The van der Waals surface area contributed by atoms with Crippen molar-refractivity contribution in [3.63, 3.8) is 0 Å². The molecule has 1 aromatic carbocycles. The van der Waals surface area contributed by atoms with Crippen LogP contribution < -0.4 is 0 Å². The molecule has 1 aromatic heterocycles. The zero-order valence-electron chi connectivity index (χ0n) is 11.3. The van der Waals surface area contributed by atoms with E-state index >= 15 is 0 Å². The van der Waals surface area contributed by atoms with Crippen LogP contribution >= 0.6 is 0 Å². The van der Waals surface area contributed by atoms with Gasteiger partial charge in [0.1, 0.15) is 10.8 Å². The third-order valence-electron chi connectivity index (χ3n) is 3.85. The first-order valence-electron chi connectivity index (χ1n) is 6.74. The van der Waals surface area contributed by atoms with Crippen molar-refractivity contribution >= 4 is 26.6 Å². The van der Waals surface area contributed by atoms with Crippen molar-refractivity contribution in [2.24, 2.45) is 0 Å². The quantitative estimate of drug-likeness (QED) is 0.798. The zero-order chi connectivity index (χ0) is 14.3. The van der Waals surface area contributed by atoms with Crippen molar-refractivity contribution in [3.8, 4) is 0 Å². The fourth-order valence-corrected chi connectivity index (χ4v) is 4.60. The Labute approximate surface area is 117 Å². The van der Waals surface area contributed by atoms with Crippen molar-refractivity contribution in [3.05, 3.63) is 35.6 Å². The van der Waals surface area contributed by atoms with Gasteiger partial charge in [-0.25, -0.2) is 8.42 Å². The summed E-state index contributed by atoms with van der Waals surface area (Å²) in [5, 5.41) is -0.0984. The number of hydrogen-bond donors (Lipinski definition) is 0. The van der Waals surface area contributed by atoms with Crippen LogP contribution in [0.4, 0.5) is 0 Å². The van der Waals surface area contributed by atoms with E-state index in [0.29, 0.717) is 18.4 Å². The third-order valence-corrected chi connectivity index (χ3v) is 6.03. The van der Waals surface area contributed by atoms with E-state index in [1.807, 2.05) is 25.1 Å². The van der Waals surface area contributed by atoms with Crippen molar-refractivity contribution in [2.75, 3.05) is 5.75 Å². The fraction of sp³-hybridized carbons (Fsp3) is 0.400. The molecule has 0 saturated carbocycles. The molecule has 0 spiro atoms. The molecule has 1 saturated heterocycles. The summed E-state index contributed by atoms with van der Waals surface area (Å²) in [4.78, 5) is 12.4. The Morgan fingerprint density at radius 2 is 2.10 bits per heavy atom. The second-order valence-corrected chi connectivity index (χ2v) is 7.62. The van der Waals surface area contributed by atoms with Gasteiger partial charge < -0.3 is 4.42 Å². The highest BCUT2D eigenvalue weighted by molar-refractivity contribution is 7.92. The highest BCUT2D eigenvalue weighted by atomic mass is 32.2. The highest BCUT2D eigenvalue weighted by Crippen LogP contribution is 2.27. The fourth-order valence-electron chi connectivity index (χ4n) is 2.74. The predicted octanol–water partition coefficient (Wildman–Crippen LogP) is 2.89. The van der Waals surface area contributed by atoms with Crippen LogP contribution in [0.5, 0.6) is 0 Å². The molecule has 5 heteroatoms. The molecule has 0 radical (unpaired) electrons. The van der Waals surface area contributed by atoms with E-state index in [9.17, 15) is 13.2 Å². The number of Topliss-reactive ketones (excluding diaryl/α,β-unsaturated/α-hetero) is 1. The monoisotopic (exact) mass is 292 g/mol. The lowest BCUT2D eigenvalue weighted by Gasteiger charge is -2.19. The van der Waals surface area contributed by atoms with Crippen LogP contribution in [0.1, 0.15) is 35.4 Å². The van der Waals surface area contributed by atoms with Crippen LogP contribution in [0.25, 0.3) is 11.0 Å². The molecule has 1 unspecified atom stereocenters. The molecular weight excluding hydrogens is 276 g/mol. The number of carbonyl (C=O) groups is 1. The molecule has 2 aromatic rings. The minimum absolute atomic E-state index is 0.0999. The summed E-state index contributed by atoms with van der Waals surface area (Å²) < 4.78 is 29.6. The molecule has 20 heavy (non-hydrogen) atoms. The van der Waals surface area contributed by atoms with Crippen LogP contribution in [0.2, 0.25) is 0 Å². The summed E-state index contributed by atoms with van der Waals surface area (Å²) in [5.41, 5.74) is 1.59. The zero-order valence-corrected chi connectivity index (χ0v) is 12.1. The van der Waals surface area contributed by atoms with Gasteiger partial charge in [0.25, 0.3) is 0 Å². The molecule has 106 valence electrons. The lowest BCUT2D eigenvalue weighted by atomic mass is 10.1. The number of para-hydroxylation sites is 1. The van der Waals surface area contributed by atoms with Gasteiger partial charge in [0.2, 0.25) is 5.78 Å². The van der Waals surface area contributed by atoms with Gasteiger partial charge in [-0.3, -0.25) is 4.79 Å². The van der Waals surface area contributed by atoms with E-state index in [2.05, 4.69) is 0 Å². The smallest absolute Gasteiger partial charge is 0.216 e. The largest absolute Gasteiger partial charge is 0.453 e. The standard InChI is InChI=1S/C15H16O4S/c1-10-5-4-6-11-9-12(19-15(10)11)14(16)13-7-2-3-8-20(13,17)18/h4-6,9,13H,2-3,7-8H2,1H3. The Morgan fingerprint density at radius 3 is 2.80 bits per heavy atom. The van der Waals surface area contributed by atoms with Gasteiger partial charge in [-0.1, -0.05) is 24.6 Å². The molecule has 1 aliphatic rings. The van der Waals surface area contributed by atoms with E-state index < -0.39 is 20.9 Å². The first-order chi connectivity index (χ1) is 9.49. The summed E-state index contributed by atoms with van der Waals surface area (Å²) in [7, 11) is -3.33. The summed E-state index contributed by atoms with van der Waals surface area (Å²) in [5.74, 6) is -0.145. The number of benzene rings is 1. The summed E-state index contributed by atoms with van der Waals surface area (Å²) in [6, 6.07) is 7.29. The maximum atomic E-state index is 12.4. The molecule has 1 aliphatic heterocycles. The number of hydrogen-bond acceptors (Lipinski definition) is 4. The molecule has 0 aliphatic carbocycles. The van der Waals surface area contributed by atoms with Crippen molar-refractivity contribution in [1.82, 2.24) is 0 Å². The maximum absolute atomic E-state index is 12.4.